The smallest absolute Gasteiger partial charge is 0.338 e. The highest BCUT2D eigenvalue weighted by molar-refractivity contribution is 6.03. The van der Waals surface area contributed by atoms with Crippen molar-refractivity contribution >= 4 is 22.6 Å². The maximum atomic E-state index is 11.4. The number of anilines is 1. The van der Waals surface area contributed by atoms with Gasteiger partial charge in [0.2, 0.25) is 0 Å². The average molecular weight is 453 g/mol. The summed E-state index contributed by atoms with van der Waals surface area (Å²) in [6.45, 7) is 13.2. The van der Waals surface area contributed by atoms with Gasteiger partial charge in [-0.1, -0.05) is 78.6 Å². The Balaban J connectivity index is 0.000000270. The summed E-state index contributed by atoms with van der Waals surface area (Å²) in [4.78, 5) is 11.4. The SMILES string of the molecule is CC.CC.CC.COC(=O)c1cccc2c1ccn2C.c1ccc2c(c1)NCC21CCCC1. The molecule has 1 aliphatic carbocycles. The van der Waals surface area contributed by atoms with E-state index in [4.69, 9.17) is 4.74 Å². The second-order valence-electron chi connectivity index (χ2n) is 7.54. The molecular weight excluding hydrogens is 408 g/mol. The van der Waals surface area contributed by atoms with E-state index in [2.05, 4.69) is 29.6 Å². The lowest BCUT2D eigenvalue weighted by molar-refractivity contribution is 0.0603. The number of rotatable bonds is 1. The van der Waals surface area contributed by atoms with Crippen molar-refractivity contribution in [2.45, 2.75) is 72.6 Å². The molecule has 0 unspecified atom stereocenters. The van der Waals surface area contributed by atoms with Crippen molar-refractivity contribution in [3.8, 4) is 0 Å². The Hall–Kier alpha value is -2.75. The Morgan fingerprint density at radius 1 is 0.909 bits per heavy atom. The van der Waals surface area contributed by atoms with E-state index in [1.807, 2.05) is 77.6 Å². The van der Waals surface area contributed by atoms with E-state index >= 15 is 0 Å². The van der Waals surface area contributed by atoms with Crippen LogP contribution in [0.15, 0.2) is 54.7 Å². The van der Waals surface area contributed by atoms with Gasteiger partial charge in [-0.25, -0.2) is 4.79 Å². The molecule has 3 aromatic rings. The van der Waals surface area contributed by atoms with Crippen molar-refractivity contribution in [2.24, 2.45) is 7.05 Å². The molecule has 4 nitrogen and oxygen atoms in total. The Labute approximate surface area is 201 Å². The molecule has 2 heterocycles. The molecule has 1 spiro atoms. The Morgan fingerprint density at radius 3 is 2.18 bits per heavy atom. The molecule has 0 bridgehead atoms. The van der Waals surface area contributed by atoms with Crippen LogP contribution in [0.5, 0.6) is 0 Å². The first-order valence-corrected chi connectivity index (χ1v) is 12.6. The molecule has 0 atom stereocenters. The fourth-order valence-corrected chi connectivity index (χ4v) is 4.55. The van der Waals surface area contributed by atoms with Crippen molar-refractivity contribution < 1.29 is 9.53 Å². The van der Waals surface area contributed by atoms with E-state index in [9.17, 15) is 4.79 Å². The van der Waals surface area contributed by atoms with Gasteiger partial charge in [0.1, 0.15) is 0 Å². The zero-order valence-corrected chi connectivity index (χ0v) is 22.0. The summed E-state index contributed by atoms with van der Waals surface area (Å²) in [6, 6.07) is 16.3. The number of nitrogens with zero attached hydrogens (tertiary/aromatic N) is 1. The van der Waals surface area contributed by atoms with Crippen LogP contribution in [0.25, 0.3) is 10.9 Å². The van der Waals surface area contributed by atoms with E-state index in [0.29, 0.717) is 11.0 Å². The topological polar surface area (TPSA) is 43.3 Å². The lowest BCUT2D eigenvalue weighted by atomic mass is 9.81. The highest BCUT2D eigenvalue weighted by Gasteiger charge is 2.40. The first kappa shape index (κ1) is 28.3. The molecule has 1 saturated carbocycles. The summed E-state index contributed by atoms with van der Waals surface area (Å²) < 4.78 is 6.68. The number of aryl methyl sites for hydroxylation is 1. The minimum Gasteiger partial charge on any atom is -0.465 e. The largest absolute Gasteiger partial charge is 0.465 e. The van der Waals surface area contributed by atoms with Crippen LogP contribution in [0.2, 0.25) is 0 Å². The molecule has 4 heteroatoms. The zero-order valence-electron chi connectivity index (χ0n) is 22.0. The van der Waals surface area contributed by atoms with Gasteiger partial charge in [-0.15, -0.1) is 0 Å². The van der Waals surface area contributed by atoms with Crippen LogP contribution in [0.1, 0.15) is 83.1 Å². The van der Waals surface area contributed by atoms with Gasteiger partial charge < -0.3 is 14.6 Å². The van der Waals surface area contributed by atoms with Crippen molar-refractivity contribution in [1.82, 2.24) is 4.57 Å². The predicted molar refractivity (Wildman–Crippen MR) is 143 cm³/mol. The minimum atomic E-state index is -0.290. The summed E-state index contributed by atoms with van der Waals surface area (Å²) in [5, 5.41) is 4.47. The van der Waals surface area contributed by atoms with Gasteiger partial charge in [0, 0.05) is 41.8 Å². The number of hydrogen-bond acceptors (Lipinski definition) is 3. The number of esters is 1. The highest BCUT2D eigenvalue weighted by Crippen LogP contribution is 2.47. The standard InChI is InChI=1S/C12H15N.C11H11NO2.3C2H6/c1-2-6-11-10(5-1)12(9-13-11)7-3-4-8-12;1-12-7-6-8-9(11(13)14-2)4-3-5-10(8)12;3*1-2/h1-2,5-6,13H,3-4,7-9H2;3-7H,1-2H3;3*1-2H3. The van der Waals surface area contributed by atoms with E-state index in [1.54, 1.807) is 11.6 Å². The summed E-state index contributed by atoms with van der Waals surface area (Å²) >= 11 is 0. The monoisotopic (exact) mass is 452 g/mol. The molecule has 0 saturated heterocycles. The number of hydrogen-bond donors (Lipinski definition) is 1. The minimum absolute atomic E-state index is 0.290. The molecule has 0 radical (unpaired) electrons. The van der Waals surface area contributed by atoms with Crippen LogP contribution in [-0.2, 0) is 17.2 Å². The zero-order chi connectivity index (χ0) is 24.9. The predicted octanol–water partition coefficient (Wildman–Crippen LogP) is 7.97. The Bertz CT molecular complexity index is 969. The molecule has 2 aromatic carbocycles. The molecule has 1 aromatic heterocycles. The van der Waals surface area contributed by atoms with E-state index < -0.39 is 0 Å². The van der Waals surface area contributed by atoms with E-state index in [0.717, 1.165) is 10.9 Å². The van der Waals surface area contributed by atoms with Crippen LogP contribution in [-0.4, -0.2) is 24.2 Å². The molecule has 33 heavy (non-hydrogen) atoms. The van der Waals surface area contributed by atoms with Crippen molar-refractivity contribution in [1.29, 1.82) is 0 Å². The van der Waals surface area contributed by atoms with Gasteiger partial charge in [-0.05, 0) is 42.7 Å². The number of benzene rings is 2. The lowest BCUT2D eigenvalue weighted by Crippen LogP contribution is -2.23. The third kappa shape index (κ3) is 6.40. The maximum Gasteiger partial charge on any atom is 0.338 e. The van der Waals surface area contributed by atoms with Crippen LogP contribution in [0.3, 0.4) is 0 Å². The third-order valence-corrected chi connectivity index (χ3v) is 6.01. The molecule has 5 rings (SSSR count). The number of para-hydroxylation sites is 1. The quantitative estimate of drug-likeness (QED) is 0.381. The van der Waals surface area contributed by atoms with Gasteiger partial charge in [0.15, 0.2) is 0 Å². The first-order chi connectivity index (χ1) is 16.1. The number of nitrogens with one attached hydrogen (secondary N) is 1. The normalized spacial score (nSPS) is 14.1. The fraction of sp³-hybridized carbons (Fsp3) is 0.483. The number of fused-ring (bicyclic) bond motifs is 3. The average Bonchev–Trinajstić information content (AvgIpc) is 3.63. The molecular formula is C29H44N2O2. The summed E-state index contributed by atoms with van der Waals surface area (Å²) in [7, 11) is 3.34. The van der Waals surface area contributed by atoms with Crippen molar-refractivity contribution in [3.05, 3.63) is 65.9 Å². The summed E-state index contributed by atoms with van der Waals surface area (Å²) in [6.07, 6.45) is 7.52. The van der Waals surface area contributed by atoms with Crippen molar-refractivity contribution in [3.63, 3.8) is 0 Å². The summed E-state index contributed by atoms with van der Waals surface area (Å²) in [5.74, 6) is -0.290. The van der Waals surface area contributed by atoms with Crippen LogP contribution >= 0.6 is 0 Å². The lowest BCUT2D eigenvalue weighted by Gasteiger charge is -2.22. The van der Waals surface area contributed by atoms with E-state index in [1.165, 1.54) is 45.0 Å². The fourth-order valence-electron chi connectivity index (χ4n) is 4.55. The summed E-state index contributed by atoms with van der Waals surface area (Å²) in [5.41, 5.74) is 5.12. The van der Waals surface area contributed by atoms with Gasteiger partial charge in [-0.3, -0.25) is 0 Å². The van der Waals surface area contributed by atoms with Crippen LogP contribution in [0, 0.1) is 0 Å². The van der Waals surface area contributed by atoms with Gasteiger partial charge >= 0.3 is 5.97 Å². The third-order valence-electron chi connectivity index (χ3n) is 6.01. The second kappa shape index (κ2) is 14.4. The molecule has 1 aliphatic heterocycles. The number of aromatic nitrogens is 1. The van der Waals surface area contributed by atoms with Crippen LogP contribution < -0.4 is 5.32 Å². The number of carbonyl (C=O) groups is 1. The molecule has 2 aliphatic rings. The van der Waals surface area contributed by atoms with Gasteiger partial charge in [0.05, 0.1) is 12.7 Å². The van der Waals surface area contributed by atoms with Gasteiger partial charge in [0.25, 0.3) is 0 Å². The number of methoxy groups -OCH3 is 1. The second-order valence-corrected chi connectivity index (χ2v) is 7.54. The Morgan fingerprint density at radius 2 is 1.55 bits per heavy atom. The van der Waals surface area contributed by atoms with E-state index in [-0.39, 0.29) is 5.97 Å². The van der Waals surface area contributed by atoms with Crippen molar-refractivity contribution in [2.75, 3.05) is 19.0 Å². The van der Waals surface area contributed by atoms with Crippen LogP contribution in [0.4, 0.5) is 5.69 Å². The first-order valence-electron chi connectivity index (χ1n) is 12.6. The number of carbonyl (C=O) groups excluding carboxylic acids is 1. The molecule has 1 N–H and O–H groups in total. The molecule has 0 amide bonds. The molecule has 1 fully saturated rings. The van der Waals surface area contributed by atoms with Gasteiger partial charge in [-0.2, -0.15) is 0 Å². The number of ether oxygens (including phenoxy) is 1. The Kier molecular flexibility index (Phi) is 12.3. The molecule has 182 valence electrons. The maximum absolute atomic E-state index is 11.4. The highest BCUT2D eigenvalue weighted by atomic mass is 16.5.